The maximum atomic E-state index is 5.50. The van der Waals surface area contributed by atoms with E-state index in [1.807, 2.05) is 19.9 Å². The fraction of sp³-hybridized carbons (Fsp3) is 0.667. The standard InChI is InChI=1S/C10H16N4.C2H6/c11-10-12-7-6-9(14-10)13-8-4-2-1-3-5-8;1-2/h6-8H,1-5H2,(H3,11,12,13,14);1-2H3. The van der Waals surface area contributed by atoms with E-state index in [0.717, 1.165) is 5.82 Å². The van der Waals surface area contributed by atoms with Gasteiger partial charge in [0.15, 0.2) is 0 Å². The van der Waals surface area contributed by atoms with Crippen LogP contribution in [0, 0.1) is 0 Å². The Kier molecular flexibility index (Phi) is 5.61. The van der Waals surface area contributed by atoms with Crippen molar-refractivity contribution in [2.24, 2.45) is 0 Å². The van der Waals surface area contributed by atoms with Gasteiger partial charge in [0, 0.05) is 12.2 Å². The second-order valence-electron chi connectivity index (χ2n) is 3.78. The molecule has 3 N–H and O–H groups in total. The molecule has 0 unspecified atom stereocenters. The number of aromatic nitrogens is 2. The maximum absolute atomic E-state index is 5.50. The number of anilines is 2. The fourth-order valence-corrected chi connectivity index (χ4v) is 1.91. The van der Waals surface area contributed by atoms with Gasteiger partial charge in [0.25, 0.3) is 0 Å². The highest BCUT2D eigenvalue weighted by Crippen LogP contribution is 2.20. The Labute approximate surface area is 97.7 Å². The maximum Gasteiger partial charge on any atom is 0.221 e. The highest BCUT2D eigenvalue weighted by Gasteiger charge is 2.13. The number of rotatable bonds is 2. The van der Waals surface area contributed by atoms with Gasteiger partial charge in [-0.1, -0.05) is 33.1 Å². The number of nitrogen functional groups attached to an aromatic ring is 1. The molecule has 4 heteroatoms. The predicted octanol–water partition coefficient (Wildman–Crippen LogP) is 2.83. The Morgan fingerprint density at radius 3 is 2.56 bits per heavy atom. The van der Waals surface area contributed by atoms with Crippen molar-refractivity contribution in [1.82, 2.24) is 9.97 Å². The van der Waals surface area contributed by atoms with Gasteiger partial charge in [-0.2, -0.15) is 4.98 Å². The highest BCUT2D eigenvalue weighted by atomic mass is 15.1. The van der Waals surface area contributed by atoms with Gasteiger partial charge in [-0.05, 0) is 18.9 Å². The van der Waals surface area contributed by atoms with Crippen LogP contribution in [-0.2, 0) is 0 Å². The molecule has 1 heterocycles. The second kappa shape index (κ2) is 7.04. The first-order valence-electron chi connectivity index (χ1n) is 6.19. The molecule has 4 nitrogen and oxygen atoms in total. The third-order valence-electron chi connectivity index (χ3n) is 2.63. The van der Waals surface area contributed by atoms with Gasteiger partial charge >= 0.3 is 0 Å². The number of hydrogen-bond donors (Lipinski definition) is 2. The lowest BCUT2D eigenvalue weighted by Gasteiger charge is -2.23. The van der Waals surface area contributed by atoms with Crippen molar-refractivity contribution in [2.75, 3.05) is 11.1 Å². The van der Waals surface area contributed by atoms with Crippen LogP contribution < -0.4 is 11.1 Å². The minimum absolute atomic E-state index is 0.339. The van der Waals surface area contributed by atoms with Crippen LogP contribution in [0.3, 0.4) is 0 Å². The van der Waals surface area contributed by atoms with Crippen LogP contribution in [0.5, 0.6) is 0 Å². The summed E-state index contributed by atoms with van der Waals surface area (Å²) in [6, 6.07) is 2.43. The summed E-state index contributed by atoms with van der Waals surface area (Å²) >= 11 is 0. The molecule has 0 aromatic carbocycles. The van der Waals surface area contributed by atoms with E-state index < -0.39 is 0 Å². The Balaban J connectivity index is 0.000000606. The number of nitrogens with zero attached hydrogens (tertiary/aromatic N) is 2. The zero-order valence-electron chi connectivity index (χ0n) is 10.2. The second-order valence-corrected chi connectivity index (χ2v) is 3.78. The van der Waals surface area contributed by atoms with Gasteiger partial charge < -0.3 is 11.1 Å². The molecule has 90 valence electrons. The molecular formula is C12H22N4. The first-order chi connectivity index (χ1) is 7.84. The van der Waals surface area contributed by atoms with E-state index >= 15 is 0 Å². The smallest absolute Gasteiger partial charge is 0.221 e. The van der Waals surface area contributed by atoms with Crippen LogP contribution >= 0.6 is 0 Å². The lowest BCUT2D eigenvalue weighted by molar-refractivity contribution is 0.462. The molecule has 0 spiro atoms. The SMILES string of the molecule is CC.Nc1nccc(NC2CCCCC2)n1. The topological polar surface area (TPSA) is 63.8 Å². The first kappa shape index (κ1) is 12.7. The van der Waals surface area contributed by atoms with Gasteiger partial charge in [0.05, 0.1) is 0 Å². The summed E-state index contributed by atoms with van der Waals surface area (Å²) in [7, 11) is 0. The molecule has 0 saturated heterocycles. The number of nitrogens with two attached hydrogens (primary N) is 1. The van der Waals surface area contributed by atoms with Crippen LogP contribution in [0.15, 0.2) is 12.3 Å². The molecule has 0 amide bonds. The van der Waals surface area contributed by atoms with E-state index in [-0.39, 0.29) is 0 Å². The van der Waals surface area contributed by atoms with E-state index in [2.05, 4.69) is 15.3 Å². The Bertz CT molecular complexity index is 295. The van der Waals surface area contributed by atoms with Gasteiger partial charge in [-0.15, -0.1) is 0 Å². The molecule has 1 fully saturated rings. The molecule has 1 saturated carbocycles. The van der Waals surface area contributed by atoms with Crippen molar-refractivity contribution in [3.05, 3.63) is 12.3 Å². The van der Waals surface area contributed by atoms with Gasteiger partial charge in [0.2, 0.25) is 5.95 Å². The largest absolute Gasteiger partial charge is 0.368 e. The summed E-state index contributed by atoms with van der Waals surface area (Å²) in [5.41, 5.74) is 5.50. The molecule has 1 aromatic rings. The monoisotopic (exact) mass is 222 g/mol. The lowest BCUT2D eigenvalue weighted by Crippen LogP contribution is -2.22. The predicted molar refractivity (Wildman–Crippen MR) is 68.3 cm³/mol. The Morgan fingerprint density at radius 2 is 1.94 bits per heavy atom. The van der Waals surface area contributed by atoms with Crippen molar-refractivity contribution in [3.8, 4) is 0 Å². The summed E-state index contributed by atoms with van der Waals surface area (Å²) in [6.45, 7) is 4.00. The minimum Gasteiger partial charge on any atom is -0.368 e. The average Bonchev–Trinajstić information content (AvgIpc) is 2.33. The molecule has 0 aliphatic heterocycles. The van der Waals surface area contributed by atoms with Gasteiger partial charge in [0.1, 0.15) is 5.82 Å². The summed E-state index contributed by atoms with van der Waals surface area (Å²) in [5, 5.41) is 3.39. The third kappa shape index (κ3) is 4.04. The molecule has 1 aromatic heterocycles. The Hall–Kier alpha value is -1.32. The molecular weight excluding hydrogens is 200 g/mol. The number of hydrogen-bond acceptors (Lipinski definition) is 4. The quantitative estimate of drug-likeness (QED) is 0.807. The zero-order valence-corrected chi connectivity index (χ0v) is 10.2. The summed E-state index contributed by atoms with van der Waals surface area (Å²) in [5.74, 6) is 1.19. The van der Waals surface area contributed by atoms with Crippen molar-refractivity contribution in [1.29, 1.82) is 0 Å². The van der Waals surface area contributed by atoms with E-state index in [0.29, 0.717) is 12.0 Å². The highest BCUT2D eigenvalue weighted by molar-refractivity contribution is 5.38. The van der Waals surface area contributed by atoms with E-state index in [1.165, 1.54) is 32.1 Å². The first-order valence-corrected chi connectivity index (χ1v) is 6.19. The van der Waals surface area contributed by atoms with Crippen LogP contribution in [0.25, 0.3) is 0 Å². The van der Waals surface area contributed by atoms with Crippen LogP contribution in [0.1, 0.15) is 46.0 Å². The summed E-state index contributed by atoms with van der Waals surface area (Å²) in [6.07, 6.45) is 8.17. The van der Waals surface area contributed by atoms with Crippen LogP contribution in [0.4, 0.5) is 11.8 Å². The minimum atomic E-state index is 0.339. The molecule has 0 bridgehead atoms. The fourth-order valence-electron chi connectivity index (χ4n) is 1.91. The van der Waals surface area contributed by atoms with E-state index in [4.69, 9.17) is 5.73 Å². The number of nitrogens with one attached hydrogen (secondary N) is 1. The average molecular weight is 222 g/mol. The normalized spacial score (nSPS) is 16.1. The molecule has 0 radical (unpaired) electrons. The Morgan fingerprint density at radius 1 is 1.25 bits per heavy atom. The van der Waals surface area contributed by atoms with Gasteiger partial charge in [-0.25, -0.2) is 4.98 Å². The van der Waals surface area contributed by atoms with Crippen molar-refractivity contribution in [2.45, 2.75) is 52.0 Å². The zero-order chi connectivity index (χ0) is 11.8. The van der Waals surface area contributed by atoms with Crippen LogP contribution in [0.2, 0.25) is 0 Å². The van der Waals surface area contributed by atoms with Crippen molar-refractivity contribution in [3.63, 3.8) is 0 Å². The molecule has 16 heavy (non-hydrogen) atoms. The van der Waals surface area contributed by atoms with Gasteiger partial charge in [-0.3, -0.25) is 0 Å². The molecule has 1 aliphatic carbocycles. The molecule has 1 aliphatic rings. The van der Waals surface area contributed by atoms with E-state index in [9.17, 15) is 0 Å². The van der Waals surface area contributed by atoms with Crippen molar-refractivity contribution >= 4 is 11.8 Å². The van der Waals surface area contributed by atoms with Crippen LogP contribution in [-0.4, -0.2) is 16.0 Å². The van der Waals surface area contributed by atoms with Crippen molar-refractivity contribution < 1.29 is 0 Å². The van der Waals surface area contributed by atoms with E-state index in [1.54, 1.807) is 6.20 Å². The summed E-state index contributed by atoms with van der Waals surface area (Å²) in [4.78, 5) is 7.98. The molecule has 0 atom stereocenters. The molecule has 2 rings (SSSR count). The third-order valence-corrected chi connectivity index (χ3v) is 2.63. The lowest BCUT2D eigenvalue weighted by atomic mass is 9.95. The summed E-state index contributed by atoms with van der Waals surface area (Å²) < 4.78 is 0.